The molecular weight excluding hydrogens is 929 g/mol. The number of cyclic esters (lactones) is 1. The molecule has 0 amide bonds. The molecule has 71 heavy (non-hydrogen) atoms. The molecule has 20 nitrogen and oxygen atoms in total. The number of methoxy groups -OCH3 is 2. The number of hydrogen-bond acceptors (Lipinski definition) is 20. The monoisotopic (exact) mass is 1020 g/mol. The van der Waals surface area contributed by atoms with Crippen LogP contribution in [0, 0.1) is 41.4 Å². The topological polar surface area (TPSA) is 235 Å². The fourth-order valence-electron chi connectivity index (χ4n) is 10.7. The van der Waals surface area contributed by atoms with Crippen LogP contribution in [-0.4, -0.2) is 178 Å². The Bertz CT molecular complexity index is 1750. The van der Waals surface area contributed by atoms with E-state index in [1.165, 1.54) is 21.1 Å². The van der Waals surface area contributed by atoms with Crippen molar-refractivity contribution < 1.29 is 86.3 Å². The van der Waals surface area contributed by atoms with Gasteiger partial charge in [0.2, 0.25) is 0 Å². The van der Waals surface area contributed by atoms with E-state index >= 15 is 9.59 Å². The molecule has 20 heteroatoms. The van der Waals surface area contributed by atoms with Gasteiger partial charge in [0, 0.05) is 63.1 Å². The zero-order chi connectivity index (χ0) is 53.2. The Hall–Kier alpha value is -3.05. The van der Waals surface area contributed by atoms with Crippen molar-refractivity contribution in [1.29, 1.82) is 0 Å². The van der Waals surface area contributed by atoms with E-state index in [2.05, 4.69) is 17.0 Å². The van der Waals surface area contributed by atoms with Gasteiger partial charge >= 0.3 is 18.1 Å². The van der Waals surface area contributed by atoms with E-state index < -0.39 is 139 Å². The summed E-state index contributed by atoms with van der Waals surface area (Å²) in [5.74, 6) is -7.12. The largest absolute Gasteiger partial charge is 0.508 e. The number of hydrogen-bond donors (Lipinski definition) is 2. The summed E-state index contributed by atoms with van der Waals surface area (Å²) in [5, 5.41) is 26.4. The van der Waals surface area contributed by atoms with Crippen LogP contribution < -0.4 is 0 Å². The molecule has 0 saturated carbocycles. The molecule has 0 aromatic carbocycles. The van der Waals surface area contributed by atoms with Crippen molar-refractivity contribution in [2.75, 3.05) is 41.5 Å². The summed E-state index contributed by atoms with van der Waals surface area (Å²) in [4.78, 5) is 64.8. The van der Waals surface area contributed by atoms with Gasteiger partial charge in [-0.1, -0.05) is 53.6 Å². The number of esters is 2. The van der Waals surface area contributed by atoms with Crippen molar-refractivity contribution in [3.8, 4) is 0 Å². The van der Waals surface area contributed by atoms with Crippen LogP contribution in [0.4, 0.5) is 4.79 Å². The van der Waals surface area contributed by atoms with Crippen molar-refractivity contribution >= 4 is 29.6 Å². The Kier molecular flexibility index (Phi) is 23.0. The van der Waals surface area contributed by atoms with E-state index in [-0.39, 0.29) is 50.4 Å². The van der Waals surface area contributed by atoms with Crippen molar-refractivity contribution in [2.45, 2.75) is 214 Å². The lowest BCUT2D eigenvalue weighted by molar-refractivity contribution is -0.265. The number of carbonyl (C=O) groups excluding carboxylic acids is 4. The molecule has 21 atom stereocenters. The molecule has 4 saturated heterocycles. The highest BCUT2D eigenvalue weighted by molar-refractivity contribution is 5.91. The first-order valence-corrected chi connectivity index (χ1v) is 25.5. The first-order valence-electron chi connectivity index (χ1n) is 25.5. The van der Waals surface area contributed by atoms with Gasteiger partial charge in [-0.2, -0.15) is 0 Å². The van der Waals surface area contributed by atoms with Crippen molar-refractivity contribution in [2.24, 2.45) is 46.6 Å². The summed E-state index contributed by atoms with van der Waals surface area (Å²) >= 11 is 0. The van der Waals surface area contributed by atoms with Gasteiger partial charge in [-0.3, -0.25) is 14.4 Å². The molecule has 0 aliphatic carbocycles. The van der Waals surface area contributed by atoms with E-state index in [1.54, 1.807) is 41.5 Å². The first kappa shape index (κ1) is 60.5. The number of oxime groups is 1. The van der Waals surface area contributed by atoms with Gasteiger partial charge < -0.3 is 72.1 Å². The van der Waals surface area contributed by atoms with Crippen molar-refractivity contribution in [1.82, 2.24) is 4.90 Å². The van der Waals surface area contributed by atoms with E-state index in [9.17, 15) is 19.8 Å². The quantitative estimate of drug-likeness (QED) is 0.125. The maximum Gasteiger partial charge on any atom is 0.508 e. The molecule has 4 unspecified atom stereocenters. The number of rotatable bonds is 14. The number of likely N-dealkylation sites (N-methyl/N-ethyl adjacent to an activating group) is 1. The number of nitrogens with zero attached hydrogens (tertiary/aromatic N) is 2. The molecule has 4 rings (SSSR count). The van der Waals surface area contributed by atoms with Crippen LogP contribution in [0.3, 0.4) is 0 Å². The second-order valence-electron chi connectivity index (χ2n) is 21.5. The van der Waals surface area contributed by atoms with E-state index in [1.807, 2.05) is 41.7 Å². The first-order chi connectivity index (χ1) is 33.2. The predicted molar refractivity (Wildman–Crippen MR) is 258 cm³/mol. The maximum absolute atomic E-state index is 15.4. The Balaban J connectivity index is 1.94. The molecule has 4 heterocycles. The second kappa shape index (κ2) is 26.9. The van der Waals surface area contributed by atoms with Crippen LogP contribution in [0.25, 0.3) is 0 Å². The summed E-state index contributed by atoms with van der Waals surface area (Å²) in [6, 6.07) is 0.0296. The van der Waals surface area contributed by atoms with E-state index in [4.69, 9.17) is 56.9 Å². The third kappa shape index (κ3) is 16.0. The minimum Gasteiger partial charge on any atom is -0.461 e. The summed E-state index contributed by atoms with van der Waals surface area (Å²) < 4.78 is 68.4. The van der Waals surface area contributed by atoms with E-state index in [0.717, 1.165) is 7.11 Å². The number of aliphatic hydroxyl groups excluding tert-OH is 2. The van der Waals surface area contributed by atoms with Crippen LogP contribution in [-0.2, 0) is 71.3 Å². The summed E-state index contributed by atoms with van der Waals surface area (Å²) in [6.45, 7) is 23.9. The molecule has 0 bridgehead atoms. The third-order valence-electron chi connectivity index (χ3n) is 14.8. The molecule has 0 aromatic rings. The molecule has 410 valence electrons. The smallest absolute Gasteiger partial charge is 0.461 e. The molecule has 0 radical (unpaired) electrons. The lowest BCUT2D eigenvalue weighted by atomic mass is 9.74. The minimum atomic E-state index is -1.94. The van der Waals surface area contributed by atoms with Crippen molar-refractivity contribution in [3.05, 3.63) is 0 Å². The van der Waals surface area contributed by atoms with Crippen LogP contribution >= 0.6 is 0 Å². The number of aliphatic hydroxyl groups is 2. The molecule has 4 fully saturated rings. The lowest BCUT2D eigenvalue weighted by Gasteiger charge is -2.44. The zero-order valence-electron chi connectivity index (χ0n) is 45.4. The Morgan fingerprint density at radius 3 is 2.14 bits per heavy atom. The highest BCUT2D eigenvalue weighted by atomic mass is 16.7. The van der Waals surface area contributed by atoms with Gasteiger partial charge in [0.1, 0.15) is 31.5 Å². The Morgan fingerprint density at radius 1 is 0.845 bits per heavy atom. The van der Waals surface area contributed by atoms with Gasteiger partial charge in [-0.15, -0.1) is 0 Å². The van der Waals surface area contributed by atoms with Crippen LogP contribution in [0.2, 0.25) is 0 Å². The van der Waals surface area contributed by atoms with Gasteiger partial charge in [0.05, 0.1) is 67.9 Å². The third-order valence-corrected chi connectivity index (χ3v) is 14.8. The number of carbonyl (C=O) groups is 4. The molecular formula is C51H88N2O18. The van der Waals surface area contributed by atoms with Crippen LogP contribution in [0.15, 0.2) is 5.16 Å². The molecule has 2 N–H and O–H groups in total. The second-order valence-corrected chi connectivity index (χ2v) is 21.5. The predicted octanol–water partition coefficient (Wildman–Crippen LogP) is 5.44. The number of ketones is 1. The summed E-state index contributed by atoms with van der Waals surface area (Å²) in [7, 11) is 6.02. The summed E-state index contributed by atoms with van der Waals surface area (Å²) in [6.07, 6.45) is -11.7. The highest BCUT2D eigenvalue weighted by Gasteiger charge is 2.52. The molecule has 4 aliphatic rings. The van der Waals surface area contributed by atoms with Crippen LogP contribution in [0.5, 0.6) is 0 Å². The SMILES string of the molecule is CON=C1C[C@@H](C)O[C@@H](O[C@@H]2[C@@H](C)[C@H](O[C@H]3CC(C)N(C)C[C@H](C)O3)C(C)C(=O)O[C@H](C(C)COC3C[C@H](OC)[C@H](O)[C@@H](C)O3)[C@H](C)[C@@H](OC(=O)CC(C)C)[C@@H](C)C(=O)[C@@](C)(OC(=O)OC)C[C@@H]2C)[C@@H]1O. The van der Waals surface area contributed by atoms with Crippen molar-refractivity contribution in [3.63, 3.8) is 0 Å². The lowest BCUT2D eigenvalue weighted by Crippen LogP contribution is -2.55. The maximum atomic E-state index is 15.4. The highest BCUT2D eigenvalue weighted by Crippen LogP contribution is 2.40. The molecule has 0 aromatic heterocycles. The Labute approximate surface area is 421 Å². The van der Waals surface area contributed by atoms with Gasteiger partial charge in [-0.05, 0) is 66.8 Å². The average molecular weight is 1020 g/mol. The van der Waals surface area contributed by atoms with Gasteiger partial charge in [0.15, 0.2) is 30.3 Å². The van der Waals surface area contributed by atoms with Gasteiger partial charge in [0.25, 0.3) is 0 Å². The van der Waals surface area contributed by atoms with E-state index in [0.29, 0.717) is 18.7 Å². The van der Waals surface area contributed by atoms with Gasteiger partial charge in [-0.25, -0.2) is 4.79 Å². The molecule has 0 spiro atoms. The summed E-state index contributed by atoms with van der Waals surface area (Å²) in [5.41, 5.74) is -1.65. The average Bonchev–Trinajstić information content (AvgIpc) is 3.42. The fourth-order valence-corrected chi connectivity index (χ4v) is 10.7. The minimum absolute atomic E-state index is 0.0255. The number of Topliss-reactive ketones (excluding diaryl/α,β-unsaturated/α-hetero) is 1. The molecule has 4 aliphatic heterocycles. The van der Waals surface area contributed by atoms with Crippen LogP contribution in [0.1, 0.15) is 122 Å². The fraction of sp³-hybridized carbons (Fsp3) is 0.902. The normalized spacial score (nSPS) is 41.6. The standard InChI is InChI=1S/C51H88N2O18/c1-25(2)18-38(54)67-45-32(9)44(27(4)24-63-39-21-37(60-15)41(55)35(12)66-39)69-48(58)34(11)46(68-40-19-28(5)53(14)23-30(7)64-40)31(8)43(70-49-42(56)36(52-62-17)20-29(6)65-49)26(3)22-51(13,47(57)33(45)10)71-50(59)61-16/h25-35,37,39-46,49,55-56H,18-24H2,1-17H3/t26-,27?,28?,29+,30-,31+,32-,33+,34?,35+,37-,39?,40-,41+,42+,43-,44+,45+,46-,49-,51-/m0/s1. The zero-order valence-corrected chi connectivity index (χ0v) is 45.4. The number of ether oxygens (including phenoxy) is 11. The Morgan fingerprint density at radius 2 is 1.52 bits per heavy atom.